The second-order valence-corrected chi connectivity index (χ2v) is 7.40. The minimum absolute atomic E-state index is 0.0516. The molecule has 1 atom stereocenters. The third kappa shape index (κ3) is 4.47. The summed E-state index contributed by atoms with van der Waals surface area (Å²) >= 11 is 0. The number of benzene rings is 2. The lowest BCUT2D eigenvalue weighted by Gasteiger charge is -2.15. The molecule has 0 aliphatic heterocycles. The van der Waals surface area contributed by atoms with E-state index in [0.29, 0.717) is 35.5 Å². The Morgan fingerprint density at radius 3 is 2.49 bits per heavy atom. The van der Waals surface area contributed by atoms with E-state index < -0.39 is 58.1 Å². The van der Waals surface area contributed by atoms with E-state index in [2.05, 4.69) is 15.1 Å². The number of amides is 1. The molecule has 0 bridgehead atoms. The van der Waals surface area contributed by atoms with Crippen molar-refractivity contribution < 1.29 is 36.2 Å². The van der Waals surface area contributed by atoms with E-state index in [1.165, 1.54) is 6.33 Å². The van der Waals surface area contributed by atoms with Gasteiger partial charge in [-0.1, -0.05) is 0 Å². The van der Waals surface area contributed by atoms with Gasteiger partial charge in [-0.15, -0.1) is 0 Å². The van der Waals surface area contributed by atoms with Crippen molar-refractivity contribution in [1.82, 2.24) is 19.7 Å². The number of halogens is 6. The SMILES string of the molecule is Cc1nn(-c2cc(F)c(NC(=O)C(O)c3cc(F)cc(C(F)(F)F)c3)cc2F)c2c(N)ncnc12. The molecule has 0 fully saturated rings. The number of nitrogens with two attached hydrogens (primary N) is 1. The number of carbonyl (C=O) groups is 1. The molecular formula is C21H14F6N6O2. The van der Waals surface area contributed by atoms with Crippen molar-refractivity contribution in [3.05, 3.63) is 70.9 Å². The lowest BCUT2D eigenvalue weighted by Crippen LogP contribution is -2.22. The van der Waals surface area contributed by atoms with Crippen LogP contribution in [-0.4, -0.2) is 30.8 Å². The molecule has 35 heavy (non-hydrogen) atoms. The third-order valence-electron chi connectivity index (χ3n) is 4.99. The summed E-state index contributed by atoms with van der Waals surface area (Å²) in [5.41, 5.74) is 3.27. The van der Waals surface area contributed by atoms with Gasteiger partial charge < -0.3 is 16.2 Å². The number of nitrogen functional groups attached to an aromatic ring is 1. The molecule has 0 radical (unpaired) electrons. The Hall–Kier alpha value is -4.20. The fourth-order valence-electron chi connectivity index (χ4n) is 3.37. The summed E-state index contributed by atoms with van der Waals surface area (Å²) < 4.78 is 82.9. The second-order valence-electron chi connectivity index (χ2n) is 7.40. The number of fused-ring (bicyclic) bond motifs is 1. The Balaban J connectivity index is 1.66. The van der Waals surface area contributed by atoms with Gasteiger partial charge in [-0.3, -0.25) is 4.79 Å². The van der Waals surface area contributed by atoms with Crippen molar-refractivity contribution in [2.24, 2.45) is 0 Å². The zero-order valence-electron chi connectivity index (χ0n) is 17.5. The Morgan fingerprint density at radius 1 is 1.09 bits per heavy atom. The van der Waals surface area contributed by atoms with E-state index in [-0.39, 0.29) is 17.4 Å². The first-order valence-electron chi connectivity index (χ1n) is 9.68. The lowest BCUT2D eigenvalue weighted by molar-refractivity contribution is -0.138. The van der Waals surface area contributed by atoms with Crippen molar-refractivity contribution in [2.75, 3.05) is 11.1 Å². The maximum absolute atomic E-state index is 14.9. The first-order valence-corrected chi connectivity index (χ1v) is 9.68. The summed E-state index contributed by atoms with van der Waals surface area (Å²) in [6.45, 7) is 1.56. The quantitative estimate of drug-likeness (QED) is 0.370. The van der Waals surface area contributed by atoms with Gasteiger partial charge in [0.1, 0.15) is 34.7 Å². The van der Waals surface area contributed by atoms with Gasteiger partial charge in [-0.2, -0.15) is 18.3 Å². The smallest absolute Gasteiger partial charge is 0.382 e. The number of hydrogen-bond acceptors (Lipinski definition) is 6. The van der Waals surface area contributed by atoms with Gasteiger partial charge in [0.25, 0.3) is 5.91 Å². The predicted octanol–water partition coefficient (Wildman–Crippen LogP) is 3.81. The van der Waals surface area contributed by atoms with Gasteiger partial charge >= 0.3 is 6.18 Å². The predicted molar refractivity (Wildman–Crippen MR) is 111 cm³/mol. The Morgan fingerprint density at radius 2 is 1.80 bits per heavy atom. The summed E-state index contributed by atoms with van der Waals surface area (Å²) in [6.07, 6.45) is -6.08. The van der Waals surface area contributed by atoms with E-state index in [1.54, 1.807) is 6.92 Å². The summed E-state index contributed by atoms with van der Waals surface area (Å²) in [6, 6.07) is 2.31. The molecule has 0 spiro atoms. The van der Waals surface area contributed by atoms with E-state index in [0.717, 1.165) is 4.68 Å². The van der Waals surface area contributed by atoms with E-state index >= 15 is 0 Å². The molecule has 0 saturated heterocycles. The molecule has 1 unspecified atom stereocenters. The number of hydrogen-bond donors (Lipinski definition) is 3. The molecule has 2 aromatic heterocycles. The molecule has 0 aliphatic carbocycles. The number of aliphatic hydroxyl groups excluding tert-OH is 1. The number of anilines is 2. The zero-order valence-corrected chi connectivity index (χ0v) is 17.5. The second kappa shape index (κ2) is 8.54. The van der Waals surface area contributed by atoms with Crippen LogP contribution in [-0.2, 0) is 11.0 Å². The number of aliphatic hydroxyl groups is 1. The molecular weight excluding hydrogens is 482 g/mol. The number of nitrogens with one attached hydrogen (secondary N) is 1. The standard InChI is InChI=1S/C21H14F6N6O2/c1-8-16-17(19(28)30-7-29-16)33(32-8)15-6-12(23)14(5-13(15)24)31-20(35)18(34)9-2-10(21(25,26)27)4-11(22)3-9/h2-7,18,34H,1H3,(H,31,35)(H2,28,29,30). The molecule has 2 aromatic carbocycles. The highest BCUT2D eigenvalue weighted by Crippen LogP contribution is 2.32. The lowest BCUT2D eigenvalue weighted by atomic mass is 10.0. The molecule has 0 aliphatic rings. The van der Waals surface area contributed by atoms with Crippen LogP contribution in [0.3, 0.4) is 0 Å². The summed E-state index contributed by atoms with van der Waals surface area (Å²) in [7, 11) is 0. The van der Waals surface area contributed by atoms with Crippen LogP contribution in [0.15, 0.2) is 36.7 Å². The van der Waals surface area contributed by atoms with Crippen molar-refractivity contribution in [1.29, 1.82) is 0 Å². The minimum atomic E-state index is -4.94. The highest BCUT2D eigenvalue weighted by atomic mass is 19.4. The third-order valence-corrected chi connectivity index (χ3v) is 4.99. The molecule has 0 saturated carbocycles. The van der Waals surface area contributed by atoms with Crippen LogP contribution in [0.4, 0.5) is 37.8 Å². The maximum atomic E-state index is 14.9. The van der Waals surface area contributed by atoms with Crippen LogP contribution < -0.4 is 11.1 Å². The van der Waals surface area contributed by atoms with Crippen LogP contribution in [0.2, 0.25) is 0 Å². The molecule has 2 heterocycles. The fourth-order valence-corrected chi connectivity index (χ4v) is 3.37. The van der Waals surface area contributed by atoms with Crippen molar-refractivity contribution in [2.45, 2.75) is 19.2 Å². The molecule has 4 N–H and O–H groups in total. The monoisotopic (exact) mass is 496 g/mol. The summed E-state index contributed by atoms with van der Waals surface area (Å²) in [4.78, 5) is 20.1. The van der Waals surface area contributed by atoms with Gasteiger partial charge in [0.2, 0.25) is 0 Å². The topological polar surface area (TPSA) is 119 Å². The molecule has 8 nitrogen and oxygen atoms in total. The molecule has 14 heteroatoms. The normalized spacial score (nSPS) is 12.7. The molecule has 1 amide bonds. The van der Waals surface area contributed by atoms with E-state index in [1.807, 2.05) is 5.32 Å². The van der Waals surface area contributed by atoms with E-state index in [4.69, 9.17) is 5.73 Å². The Bertz CT molecular complexity index is 1470. The average Bonchev–Trinajstić information content (AvgIpc) is 3.12. The maximum Gasteiger partial charge on any atom is 0.416 e. The summed E-state index contributed by atoms with van der Waals surface area (Å²) in [5, 5.41) is 16.1. The van der Waals surface area contributed by atoms with Crippen molar-refractivity contribution >= 4 is 28.4 Å². The molecule has 4 aromatic rings. The summed E-state index contributed by atoms with van der Waals surface area (Å²) in [5.74, 6) is -5.08. The minimum Gasteiger partial charge on any atom is -0.382 e. The number of aromatic nitrogens is 4. The highest BCUT2D eigenvalue weighted by Gasteiger charge is 2.33. The van der Waals surface area contributed by atoms with Crippen LogP contribution in [0, 0.1) is 24.4 Å². The fraction of sp³-hybridized carbons (Fsp3) is 0.143. The van der Waals surface area contributed by atoms with Gasteiger partial charge in [0.15, 0.2) is 17.7 Å². The average molecular weight is 496 g/mol. The Labute approximate surface area is 192 Å². The Kier molecular flexibility index (Phi) is 5.84. The van der Waals surface area contributed by atoms with Gasteiger partial charge in [-0.05, 0) is 30.7 Å². The largest absolute Gasteiger partial charge is 0.416 e. The van der Waals surface area contributed by atoms with Crippen LogP contribution in [0.5, 0.6) is 0 Å². The van der Waals surface area contributed by atoms with Crippen molar-refractivity contribution in [3.63, 3.8) is 0 Å². The highest BCUT2D eigenvalue weighted by molar-refractivity contribution is 5.95. The van der Waals surface area contributed by atoms with Crippen LogP contribution in [0.25, 0.3) is 16.7 Å². The van der Waals surface area contributed by atoms with E-state index in [9.17, 15) is 36.2 Å². The van der Waals surface area contributed by atoms with Gasteiger partial charge in [-0.25, -0.2) is 27.8 Å². The number of alkyl halides is 3. The van der Waals surface area contributed by atoms with Gasteiger partial charge in [0, 0.05) is 12.1 Å². The van der Waals surface area contributed by atoms with Crippen LogP contribution in [0.1, 0.15) is 22.9 Å². The number of aryl methyl sites for hydroxylation is 1. The molecule has 182 valence electrons. The van der Waals surface area contributed by atoms with Crippen molar-refractivity contribution in [3.8, 4) is 5.69 Å². The first kappa shape index (κ1) is 23.9. The molecule has 4 rings (SSSR count). The number of carbonyl (C=O) groups excluding carboxylic acids is 1. The number of nitrogens with zero attached hydrogens (tertiary/aromatic N) is 4. The first-order chi connectivity index (χ1) is 16.4. The van der Waals surface area contributed by atoms with Crippen LogP contribution >= 0.6 is 0 Å². The zero-order chi connectivity index (χ0) is 25.7. The van der Waals surface area contributed by atoms with Gasteiger partial charge in [0.05, 0.1) is 16.9 Å². The number of rotatable bonds is 4.